The van der Waals surface area contributed by atoms with Gasteiger partial charge in [0, 0.05) is 43.2 Å². The molecule has 0 radical (unpaired) electrons. The summed E-state index contributed by atoms with van der Waals surface area (Å²) in [6.45, 7) is 2.27. The maximum Gasteiger partial charge on any atom is 0.292 e. The number of thiazole rings is 1. The zero-order valence-electron chi connectivity index (χ0n) is 16.1. The quantitative estimate of drug-likeness (QED) is 0.325. The number of thioether (sulfide) groups is 1. The van der Waals surface area contributed by atoms with Crippen molar-refractivity contribution in [2.75, 3.05) is 36.8 Å². The highest BCUT2D eigenvalue weighted by Crippen LogP contribution is 2.30. The molecule has 1 saturated heterocycles. The molecule has 4 rings (SSSR count). The predicted molar refractivity (Wildman–Crippen MR) is 120 cm³/mol. The number of anilines is 1. The molecule has 0 saturated carbocycles. The van der Waals surface area contributed by atoms with Gasteiger partial charge in [0.05, 0.1) is 16.4 Å². The first-order valence-electron chi connectivity index (χ1n) is 9.52. The zero-order chi connectivity index (χ0) is 20.9. The van der Waals surface area contributed by atoms with E-state index in [-0.39, 0.29) is 16.5 Å². The molecular weight excluding hydrogens is 420 g/mol. The number of benzene rings is 2. The largest absolute Gasteiger partial charge is 0.362 e. The molecule has 7 nitrogen and oxygen atoms in total. The maximum atomic E-state index is 12.6. The van der Waals surface area contributed by atoms with Gasteiger partial charge in [0.25, 0.3) is 5.69 Å². The van der Waals surface area contributed by atoms with Crippen LogP contribution >= 0.6 is 23.1 Å². The van der Waals surface area contributed by atoms with E-state index in [1.807, 2.05) is 45.5 Å². The summed E-state index contributed by atoms with van der Waals surface area (Å²) in [7, 11) is 0. The Morgan fingerprint density at radius 3 is 2.50 bits per heavy atom. The standard InChI is InChI=1S/C21H20N4O3S2/c26-20(15-30-21-22-17(14-29-21)16-6-2-1-3-7-16)24-12-10-23(11-13-24)18-8-4-5-9-19(18)25(27)28/h1-9,14H,10-13,15H2. The number of piperazine rings is 1. The summed E-state index contributed by atoms with van der Waals surface area (Å²) in [5, 5.41) is 13.3. The van der Waals surface area contributed by atoms with Crippen molar-refractivity contribution in [3.8, 4) is 11.3 Å². The molecule has 0 atom stereocenters. The van der Waals surface area contributed by atoms with Gasteiger partial charge in [-0.05, 0) is 6.07 Å². The zero-order valence-corrected chi connectivity index (χ0v) is 17.8. The van der Waals surface area contributed by atoms with E-state index in [0.717, 1.165) is 15.6 Å². The molecule has 9 heteroatoms. The molecule has 2 aromatic carbocycles. The Balaban J connectivity index is 1.30. The average molecular weight is 441 g/mol. The Labute approximate surface area is 182 Å². The molecule has 1 fully saturated rings. The van der Waals surface area contributed by atoms with Gasteiger partial charge < -0.3 is 9.80 Å². The summed E-state index contributed by atoms with van der Waals surface area (Å²) < 4.78 is 0.876. The lowest BCUT2D eigenvalue weighted by molar-refractivity contribution is -0.384. The number of carbonyl (C=O) groups is 1. The first-order valence-corrected chi connectivity index (χ1v) is 11.4. The maximum absolute atomic E-state index is 12.6. The van der Waals surface area contributed by atoms with E-state index in [4.69, 9.17) is 0 Å². The van der Waals surface area contributed by atoms with Crippen LogP contribution in [-0.2, 0) is 4.79 Å². The lowest BCUT2D eigenvalue weighted by Crippen LogP contribution is -2.49. The van der Waals surface area contributed by atoms with Crippen LogP contribution < -0.4 is 4.90 Å². The highest BCUT2D eigenvalue weighted by molar-refractivity contribution is 8.01. The van der Waals surface area contributed by atoms with E-state index in [9.17, 15) is 14.9 Å². The molecule has 154 valence electrons. The number of hydrogen-bond donors (Lipinski definition) is 0. The van der Waals surface area contributed by atoms with Crippen molar-refractivity contribution in [3.05, 3.63) is 70.1 Å². The number of para-hydroxylation sites is 2. The lowest BCUT2D eigenvalue weighted by Gasteiger charge is -2.35. The Morgan fingerprint density at radius 1 is 1.07 bits per heavy atom. The minimum absolute atomic E-state index is 0.0682. The molecule has 1 aromatic heterocycles. The third kappa shape index (κ3) is 4.63. The predicted octanol–water partition coefficient (Wildman–Crippen LogP) is 4.16. The van der Waals surface area contributed by atoms with Crippen molar-refractivity contribution in [2.45, 2.75) is 4.34 Å². The van der Waals surface area contributed by atoms with Gasteiger partial charge in [0.1, 0.15) is 5.69 Å². The first-order chi connectivity index (χ1) is 14.6. The second-order valence-corrected chi connectivity index (χ2v) is 8.85. The Morgan fingerprint density at radius 2 is 1.77 bits per heavy atom. The van der Waals surface area contributed by atoms with Crippen LogP contribution in [0.3, 0.4) is 0 Å². The van der Waals surface area contributed by atoms with E-state index >= 15 is 0 Å². The fourth-order valence-electron chi connectivity index (χ4n) is 3.36. The van der Waals surface area contributed by atoms with Crippen LogP contribution in [0.15, 0.2) is 64.3 Å². The van der Waals surface area contributed by atoms with Gasteiger partial charge >= 0.3 is 0 Å². The monoisotopic (exact) mass is 440 g/mol. The summed E-state index contributed by atoms with van der Waals surface area (Å²) in [5.74, 6) is 0.409. The van der Waals surface area contributed by atoms with Crippen LogP contribution in [-0.4, -0.2) is 52.6 Å². The first kappa shape index (κ1) is 20.4. The summed E-state index contributed by atoms with van der Waals surface area (Å²) >= 11 is 3.00. The van der Waals surface area contributed by atoms with Crippen LogP contribution in [0.4, 0.5) is 11.4 Å². The van der Waals surface area contributed by atoms with Crippen LogP contribution in [0, 0.1) is 10.1 Å². The highest BCUT2D eigenvalue weighted by atomic mass is 32.2. The van der Waals surface area contributed by atoms with E-state index in [1.165, 1.54) is 17.8 Å². The van der Waals surface area contributed by atoms with E-state index in [0.29, 0.717) is 37.6 Å². The number of aromatic nitrogens is 1. The topological polar surface area (TPSA) is 79.6 Å². The minimum Gasteiger partial charge on any atom is -0.362 e. The molecule has 30 heavy (non-hydrogen) atoms. The number of amides is 1. The number of nitro groups is 1. The molecule has 0 spiro atoms. The van der Waals surface area contributed by atoms with Gasteiger partial charge in [-0.1, -0.05) is 54.2 Å². The van der Waals surface area contributed by atoms with Gasteiger partial charge in [-0.15, -0.1) is 11.3 Å². The van der Waals surface area contributed by atoms with Crippen molar-refractivity contribution >= 4 is 40.4 Å². The lowest BCUT2D eigenvalue weighted by atomic mass is 10.2. The fourth-order valence-corrected chi connectivity index (χ4v) is 5.10. The van der Waals surface area contributed by atoms with Crippen molar-refractivity contribution in [3.63, 3.8) is 0 Å². The summed E-state index contributed by atoms with van der Waals surface area (Å²) in [4.78, 5) is 31.9. The summed E-state index contributed by atoms with van der Waals surface area (Å²) in [5.41, 5.74) is 2.71. The second kappa shape index (κ2) is 9.27. The number of nitrogens with zero attached hydrogens (tertiary/aromatic N) is 4. The average Bonchev–Trinajstić information content (AvgIpc) is 3.27. The van der Waals surface area contributed by atoms with Gasteiger partial charge in [0.2, 0.25) is 5.91 Å². The van der Waals surface area contributed by atoms with E-state index in [1.54, 1.807) is 29.5 Å². The van der Waals surface area contributed by atoms with Crippen molar-refractivity contribution in [2.24, 2.45) is 0 Å². The van der Waals surface area contributed by atoms with Crippen LogP contribution in [0.2, 0.25) is 0 Å². The third-order valence-corrected chi connectivity index (χ3v) is 6.93. The molecular formula is C21H20N4O3S2. The SMILES string of the molecule is O=C(CSc1nc(-c2ccccc2)cs1)N1CCN(c2ccccc2[N+](=O)[O-])CC1. The summed E-state index contributed by atoms with van der Waals surface area (Å²) in [6, 6.07) is 16.7. The second-order valence-electron chi connectivity index (χ2n) is 6.77. The van der Waals surface area contributed by atoms with Crippen molar-refractivity contribution in [1.82, 2.24) is 9.88 Å². The number of nitro benzene ring substituents is 1. The summed E-state index contributed by atoms with van der Waals surface area (Å²) in [6.07, 6.45) is 0. The fraction of sp³-hybridized carbons (Fsp3) is 0.238. The highest BCUT2D eigenvalue weighted by Gasteiger charge is 2.25. The normalized spacial score (nSPS) is 14.0. The van der Waals surface area contributed by atoms with Gasteiger partial charge in [-0.2, -0.15) is 0 Å². The Bertz CT molecular complexity index is 1030. The van der Waals surface area contributed by atoms with Gasteiger partial charge in [-0.3, -0.25) is 14.9 Å². The molecule has 1 amide bonds. The third-order valence-electron chi connectivity index (χ3n) is 4.92. The molecule has 1 aliphatic rings. The number of hydrogen-bond acceptors (Lipinski definition) is 7. The molecule has 3 aromatic rings. The molecule has 0 N–H and O–H groups in total. The Hall–Kier alpha value is -2.91. The molecule has 2 heterocycles. The molecule has 0 aliphatic carbocycles. The van der Waals surface area contributed by atoms with Crippen LogP contribution in [0.5, 0.6) is 0 Å². The number of rotatable bonds is 6. The molecule has 0 unspecified atom stereocenters. The van der Waals surface area contributed by atoms with E-state index in [2.05, 4.69) is 4.98 Å². The Kier molecular flexibility index (Phi) is 6.29. The molecule has 0 bridgehead atoms. The van der Waals surface area contributed by atoms with Crippen molar-refractivity contribution < 1.29 is 9.72 Å². The van der Waals surface area contributed by atoms with Crippen LogP contribution in [0.1, 0.15) is 0 Å². The van der Waals surface area contributed by atoms with Gasteiger partial charge in [0.15, 0.2) is 4.34 Å². The van der Waals surface area contributed by atoms with E-state index < -0.39 is 0 Å². The number of carbonyl (C=O) groups excluding carboxylic acids is 1. The van der Waals surface area contributed by atoms with Crippen LogP contribution in [0.25, 0.3) is 11.3 Å². The van der Waals surface area contributed by atoms with Gasteiger partial charge in [-0.25, -0.2) is 4.98 Å². The molecule has 1 aliphatic heterocycles. The smallest absolute Gasteiger partial charge is 0.292 e. The minimum atomic E-state index is -0.360. The van der Waals surface area contributed by atoms with Crippen molar-refractivity contribution in [1.29, 1.82) is 0 Å².